The Morgan fingerprint density at radius 1 is 1.42 bits per heavy atom. The smallest absolute Gasteiger partial charge is 0.420 e. The van der Waals surface area contributed by atoms with E-state index in [-0.39, 0.29) is 6.61 Å². The average Bonchev–Trinajstić information content (AvgIpc) is 2.26. The van der Waals surface area contributed by atoms with Crippen molar-refractivity contribution in [3.8, 4) is 5.75 Å². The lowest BCUT2D eigenvalue weighted by atomic mass is 10.0. The largest absolute Gasteiger partial charge is 0.493 e. The molecule has 0 N–H and O–H groups in total. The van der Waals surface area contributed by atoms with E-state index in [0.29, 0.717) is 0 Å². The number of Topliss-reactive ketones (excluding diaryl/α,β-unsaturated/α-hetero) is 1. The van der Waals surface area contributed by atoms with Gasteiger partial charge in [0.05, 0.1) is 11.5 Å². The third-order valence-corrected chi connectivity index (χ3v) is 2.28. The first-order valence-corrected chi connectivity index (χ1v) is 5.22. The van der Waals surface area contributed by atoms with Gasteiger partial charge in [-0.3, -0.25) is 14.9 Å². The lowest BCUT2D eigenvalue weighted by Crippen LogP contribution is -2.16. The van der Waals surface area contributed by atoms with Crippen LogP contribution in [0.5, 0.6) is 5.75 Å². The van der Waals surface area contributed by atoms with Crippen LogP contribution in [0.25, 0.3) is 0 Å². The molecule has 0 saturated heterocycles. The summed E-state index contributed by atoms with van der Waals surface area (Å²) in [6.45, 7) is 2.25. The summed E-state index contributed by atoms with van der Waals surface area (Å²) in [5.41, 5.74) is -3.28. The normalized spacial score (nSPS) is 11.2. The molecule has 0 heterocycles. The zero-order chi connectivity index (χ0) is 14.8. The number of benzene rings is 1. The number of halogens is 3. The van der Waals surface area contributed by atoms with Crippen LogP contribution in [0.3, 0.4) is 0 Å². The number of nitro benzene ring substituents is 1. The van der Waals surface area contributed by atoms with E-state index in [1.807, 2.05) is 0 Å². The summed E-state index contributed by atoms with van der Waals surface area (Å²) in [5, 5.41) is 10.7. The summed E-state index contributed by atoms with van der Waals surface area (Å²) in [7, 11) is 0. The second kappa shape index (κ2) is 5.25. The maximum Gasteiger partial charge on any atom is 0.420 e. The summed E-state index contributed by atoms with van der Waals surface area (Å²) in [6.07, 6.45) is -4.92. The van der Waals surface area contributed by atoms with Gasteiger partial charge in [0.15, 0.2) is 5.78 Å². The quantitative estimate of drug-likeness (QED) is 0.481. The number of nitro groups is 1. The molecule has 0 aliphatic carbocycles. The standard InChI is InChI=1S/C11H10F3NO4/c1-3-19-8-5-4-7(15(17)18)9(6(2)16)10(8)11(12,13)14/h4-5H,3H2,1-2H3. The topological polar surface area (TPSA) is 69.4 Å². The van der Waals surface area contributed by atoms with Crippen molar-refractivity contribution in [3.63, 3.8) is 0 Å². The van der Waals surface area contributed by atoms with E-state index < -0.39 is 39.4 Å². The number of carbonyl (C=O) groups excluding carboxylic acids is 1. The molecule has 1 rings (SSSR count). The molecule has 0 bridgehead atoms. The number of alkyl halides is 3. The molecular formula is C11H10F3NO4. The first kappa shape index (κ1) is 14.9. The van der Waals surface area contributed by atoms with Gasteiger partial charge in [0.1, 0.15) is 16.9 Å². The van der Waals surface area contributed by atoms with E-state index in [1.165, 1.54) is 6.92 Å². The van der Waals surface area contributed by atoms with E-state index in [0.717, 1.165) is 19.1 Å². The second-order valence-electron chi connectivity index (χ2n) is 3.58. The number of rotatable bonds is 4. The molecule has 0 aliphatic heterocycles. The number of carbonyl (C=O) groups is 1. The molecule has 104 valence electrons. The van der Waals surface area contributed by atoms with Gasteiger partial charge in [0, 0.05) is 6.07 Å². The monoisotopic (exact) mass is 277 g/mol. The molecule has 0 aromatic heterocycles. The molecule has 0 radical (unpaired) electrons. The number of ketones is 1. The predicted octanol–water partition coefficient (Wildman–Crippen LogP) is 3.21. The third-order valence-electron chi connectivity index (χ3n) is 2.28. The van der Waals surface area contributed by atoms with E-state index in [2.05, 4.69) is 0 Å². The van der Waals surface area contributed by atoms with Crippen LogP contribution in [0.2, 0.25) is 0 Å². The Balaban J connectivity index is 3.72. The lowest BCUT2D eigenvalue weighted by Gasteiger charge is -2.16. The van der Waals surface area contributed by atoms with Crippen molar-refractivity contribution in [2.45, 2.75) is 20.0 Å². The highest BCUT2D eigenvalue weighted by atomic mass is 19.4. The van der Waals surface area contributed by atoms with Gasteiger partial charge in [-0.2, -0.15) is 13.2 Å². The third kappa shape index (κ3) is 3.01. The van der Waals surface area contributed by atoms with Crippen LogP contribution in [0, 0.1) is 10.1 Å². The van der Waals surface area contributed by atoms with Gasteiger partial charge in [0.2, 0.25) is 0 Å². The minimum absolute atomic E-state index is 0.0573. The van der Waals surface area contributed by atoms with E-state index in [4.69, 9.17) is 4.74 Å². The Morgan fingerprint density at radius 2 is 2.00 bits per heavy atom. The number of hydrogen-bond acceptors (Lipinski definition) is 4. The zero-order valence-corrected chi connectivity index (χ0v) is 10.1. The molecule has 0 unspecified atom stereocenters. The Labute approximate surface area is 106 Å². The fourth-order valence-corrected chi connectivity index (χ4v) is 1.64. The molecule has 0 fully saturated rings. The fourth-order valence-electron chi connectivity index (χ4n) is 1.64. The minimum atomic E-state index is -4.92. The highest BCUT2D eigenvalue weighted by molar-refractivity contribution is 6.00. The second-order valence-corrected chi connectivity index (χ2v) is 3.58. The van der Waals surface area contributed by atoms with Crippen LogP contribution in [-0.2, 0) is 6.18 Å². The molecule has 0 saturated carbocycles. The molecule has 5 nitrogen and oxygen atoms in total. The highest BCUT2D eigenvalue weighted by Gasteiger charge is 2.41. The van der Waals surface area contributed by atoms with Crippen LogP contribution in [0.4, 0.5) is 18.9 Å². The average molecular weight is 277 g/mol. The Kier molecular flexibility index (Phi) is 4.13. The summed E-state index contributed by atoms with van der Waals surface area (Å²) >= 11 is 0. The van der Waals surface area contributed by atoms with Gasteiger partial charge in [-0.15, -0.1) is 0 Å². The number of nitrogens with zero attached hydrogens (tertiary/aromatic N) is 1. The van der Waals surface area contributed by atoms with Gasteiger partial charge < -0.3 is 4.74 Å². The molecule has 0 spiro atoms. The summed E-state index contributed by atoms with van der Waals surface area (Å²) < 4.78 is 43.7. The Bertz CT molecular complexity index is 525. The van der Waals surface area contributed by atoms with Crippen molar-refractivity contribution in [2.24, 2.45) is 0 Å². The summed E-state index contributed by atoms with van der Waals surface area (Å²) in [6, 6.07) is 1.67. The molecule has 0 aliphatic rings. The van der Waals surface area contributed by atoms with Crippen LogP contribution in [0.15, 0.2) is 12.1 Å². The predicted molar refractivity (Wildman–Crippen MR) is 59.3 cm³/mol. The zero-order valence-electron chi connectivity index (χ0n) is 10.1. The molecule has 1 aromatic rings. The van der Waals surface area contributed by atoms with Gasteiger partial charge in [-0.25, -0.2) is 0 Å². The Hall–Kier alpha value is -2.12. The molecule has 1 aromatic carbocycles. The van der Waals surface area contributed by atoms with E-state index in [1.54, 1.807) is 0 Å². The van der Waals surface area contributed by atoms with Crippen molar-refractivity contribution >= 4 is 11.5 Å². The molecular weight excluding hydrogens is 267 g/mol. The lowest BCUT2D eigenvalue weighted by molar-refractivity contribution is -0.385. The van der Waals surface area contributed by atoms with Gasteiger partial charge in [-0.1, -0.05) is 0 Å². The first-order valence-electron chi connectivity index (χ1n) is 5.22. The minimum Gasteiger partial charge on any atom is -0.493 e. The molecule has 8 heteroatoms. The summed E-state index contributed by atoms with van der Waals surface area (Å²) in [5.74, 6) is -1.63. The van der Waals surface area contributed by atoms with Crippen LogP contribution in [-0.4, -0.2) is 17.3 Å². The van der Waals surface area contributed by atoms with Crippen molar-refractivity contribution in [2.75, 3.05) is 6.61 Å². The number of ether oxygens (including phenoxy) is 1. The SMILES string of the molecule is CCOc1ccc([N+](=O)[O-])c(C(C)=O)c1C(F)(F)F. The van der Waals surface area contributed by atoms with E-state index in [9.17, 15) is 28.1 Å². The van der Waals surface area contributed by atoms with Crippen molar-refractivity contribution in [3.05, 3.63) is 33.4 Å². The highest BCUT2D eigenvalue weighted by Crippen LogP contribution is 2.42. The van der Waals surface area contributed by atoms with Crippen LogP contribution in [0.1, 0.15) is 29.8 Å². The van der Waals surface area contributed by atoms with Gasteiger partial charge in [0.25, 0.3) is 5.69 Å². The Morgan fingerprint density at radius 3 is 2.37 bits per heavy atom. The molecule has 0 amide bonds. The summed E-state index contributed by atoms with van der Waals surface area (Å²) in [4.78, 5) is 21.0. The van der Waals surface area contributed by atoms with Crippen molar-refractivity contribution in [1.82, 2.24) is 0 Å². The van der Waals surface area contributed by atoms with Crippen LogP contribution < -0.4 is 4.74 Å². The van der Waals surface area contributed by atoms with Crippen LogP contribution >= 0.6 is 0 Å². The maximum atomic E-state index is 13.0. The van der Waals surface area contributed by atoms with Crippen molar-refractivity contribution < 1.29 is 27.6 Å². The first-order chi connectivity index (χ1) is 8.70. The van der Waals surface area contributed by atoms with Crippen molar-refractivity contribution in [1.29, 1.82) is 0 Å². The molecule has 0 atom stereocenters. The van der Waals surface area contributed by atoms with E-state index >= 15 is 0 Å². The van der Waals surface area contributed by atoms with Gasteiger partial charge >= 0.3 is 6.18 Å². The number of hydrogen-bond donors (Lipinski definition) is 0. The fraction of sp³-hybridized carbons (Fsp3) is 0.364. The molecule has 19 heavy (non-hydrogen) atoms. The maximum absolute atomic E-state index is 13.0. The van der Waals surface area contributed by atoms with Gasteiger partial charge in [-0.05, 0) is 19.9 Å².